The van der Waals surface area contributed by atoms with Crippen LogP contribution in [0.5, 0.6) is 0 Å². The van der Waals surface area contributed by atoms with Gasteiger partial charge in [0.2, 0.25) is 5.13 Å². The maximum atomic E-state index is 12.3. The third-order valence-corrected chi connectivity index (χ3v) is 6.08. The topological polar surface area (TPSA) is 98.0 Å². The average molecular weight is 435 g/mol. The van der Waals surface area contributed by atoms with Crippen LogP contribution in [-0.4, -0.2) is 26.8 Å². The van der Waals surface area contributed by atoms with Gasteiger partial charge in [-0.2, -0.15) is 0 Å². The number of hydrogen-bond acceptors (Lipinski definition) is 7. The zero-order valence-corrected chi connectivity index (χ0v) is 16.9. The van der Waals surface area contributed by atoms with E-state index in [4.69, 9.17) is 11.6 Å². The molecule has 0 fully saturated rings. The fourth-order valence-corrected chi connectivity index (χ4v) is 4.38. The number of aromatic nitrogens is 2. The highest BCUT2D eigenvalue weighted by Crippen LogP contribution is 2.28. The Hall–Kier alpha value is -2.49. The van der Waals surface area contributed by atoms with Gasteiger partial charge in [-0.25, -0.2) is 0 Å². The summed E-state index contributed by atoms with van der Waals surface area (Å²) in [5.41, 5.74) is 1.26. The molecule has 0 saturated carbocycles. The van der Waals surface area contributed by atoms with E-state index in [2.05, 4.69) is 27.6 Å². The van der Waals surface area contributed by atoms with Crippen LogP contribution in [-0.2, 0) is 6.42 Å². The van der Waals surface area contributed by atoms with Crippen LogP contribution in [0.15, 0.2) is 52.9 Å². The highest BCUT2D eigenvalue weighted by Gasteiger charge is 2.16. The van der Waals surface area contributed by atoms with E-state index in [1.165, 1.54) is 29.0 Å². The molecular weight excluding hydrogens is 420 g/mol. The summed E-state index contributed by atoms with van der Waals surface area (Å²) in [6, 6.07) is 14.0. The molecular formula is C18H15ClN4O3S2. The lowest BCUT2D eigenvalue weighted by Gasteiger charge is -2.03. The van der Waals surface area contributed by atoms with Crippen LogP contribution in [0.4, 0.5) is 10.8 Å². The van der Waals surface area contributed by atoms with E-state index in [9.17, 15) is 14.9 Å². The van der Waals surface area contributed by atoms with Gasteiger partial charge >= 0.3 is 0 Å². The highest BCUT2D eigenvalue weighted by molar-refractivity contribution is 8.01. The molecule has 0 aliphatic carbocycles. The molecule has 0 spiro atoms. The van der Waals surface area contributed by atoms with Gasteiger partial charge in [0.1, 0.15) is 0 Å². The average Bonchev–Trinajstić information content (AvgIpc) is 3.13. The minimum absolute atomic E-state index is 0.00623. The molecule has 1 amide bonds. The van der Waals surface area contributed by atoms with E-state index in [1.54, 1.807) is 11.8 Å². The number of non-ortho nitro benzene ring substituents is 1. The van der Waals surface area contributed by atoms with Gasteiger partial charge in [0.25, 0.3) is 11.6 Å². The van der Waals surface area contributed by atoms with Crippen molar-refractivity contribution in [3.05, 3.63) is 74.8 Å². The van der Waals surface area contributed by atoms with E-state index in [1.807, 2.05) is 18.2 Å². The molecule has 144 valence electrons. The summed E-state index contributed by atoms with van der Waals surface area (Å²) in [6.07, 6.45) is 2.00. The lowest BCUT2D eigenvalue weighted by atomic mass is 10.1. The summed E-state index contributed by atoms with van der Waals surface area (Å²) in [6.45, 7) is 0. The van der Waals surface area contributed by atoms with Crippen molar-refractivity contribution in [1.29, 1.82) is 0 Å². The summed E-state index contributed by atoms with van der Waals surface area (Å²) in [5, 5.41) is 21.7. The first-order chi connectivity index (χ1) is 13.5. The molecule has 3 rings (SSSR count). The summed E-state index contributed by atoms with van der Waals surface area (Å²) < 4.78 is 0.762. The molecule has 0 unspecified atom stereocenters. The van der Waals surface area contributed by atoms with Gasteiger partial charge in [0.05, 0.1) is 15.5 Å². The van der Waals surface area contributed by atoms with Gasteiger partial charge in [-0.05, 0) is 24.5 Å². The number of anilines is 1. The van der Waals surface area contributed by atoms with Crippen LogP contribution in [0.3, 0.4) is 0 Å². The monoisotopic (exact) mass is 434 g/mol. The molecule has 7 nitrogen and oxygen atoms in total. The Balaban J connectivity index is 1.51. The number of nitrogens with one attached hydrogen (secondary N) is 1. The van der Waals surface area contributed by atoms with E-state index in [0.717, 1.165) is 29.0 Å². The van der Waals surface area contributed by atoms with Gasteiger partial charge in [-0.1, -0.05) is 65.0 Å². The molecule has 0 bridgehead atoms. The zero-order chi connectivity index (χ0) is 19.9. The number of nitro groups is 1. The number of halogens is 1. The molecule has 1 heterocycles. The smallest absolute Gasteiger partial charge is 0.270 e. The van der Waals surface area contributed by atoms with E-state index in [-0.39, 0.29) is 16.3 Å². The standard InChI is InChI=1S/C18H15ClN4O3S2/c19-15-11-13(23(25)26)8-9-14(15)16(24)20-17-21-22-18(28-17)27-10-4-7-12-5-2-1-3-6-12/h1-3,5-6,8-9,11H,4,7,10H2,(H,20,21,24). The molecule has 1 N–H and O–H groups in total. The maximum Gasteiger partial charge on any atom is 0.270 e. The lowest BCUT2D eigenvalue weighted by molar-refractivity contribution is -0.384. The Morgan fingerprint density at radius 2 is 2.00 bits per heavy atom. The summed E-state index contributed by atoms with van der Waals surface area (Å²) in [4.78, 5) is 22.5. The van der Waals surface area contributed by atoms with E-state index >= 15 is 0 Å². The van der Waals surface area contributed by atoms with Crippen molar-refractivity contribution in [2.75, 3.05) is 11.1 Å². The minimum Gasteiger partial charge on any atom is -0.296 e. The molecule has 0 atom stereocenters. The largest absolute Gasteiger partial charge is 0.296 e. The van der Waals surface area contributed by atoms with E-state index < -0.39 is 10.8 Å². The molecule has 0 radical (unpaired) electrons. The first-order valence-corrected chi connectivity index (χ1v) is 10.5. The molecule has 0 saturated heterocycles. The number of nitro benzene ring substituents is 1. The second-order valence-electron chi connectivity index (χ2n) is 5.69. The third kappa shape index (κ3) is 5.51. The Morgan fingerprint density at radius 1 is 1.21 bits per heavy atom. The van der Waals surface area contributed by atoms with Crippen LogP contribution < -0.4 is 5.32 Å². The summed E-state index contributed by atoms with van der Waals surface area (Å²) in [7, 11) is 0. The number of benzene rings is 2. The van der Waals surface area contributed by atoms with Crippen molar-refractivity contribution in [2.45, 2.75) is 17.2 Å². The maximum absolute atomic E-state index is 12.3. The molecule has 3 aromatic rings. The summed E-state index contributed by atoms with van der Waals surface area (Å²) in [5.74, 6) is 0.405. The minimum atomic E-state index is -0.570. The predicted octanol–water partition coefficient (Wildman–Crippen LogP) is 5.08. The molecule has 0 aliphatic heterocycles. The number of thioether (sulfide) groups is 1. The van der Waals surface area contributed by atoms with Crippen LogP contribution in [0.1, 0.15) is 22.3 Å². The van der Waals surface area contributed by atoms with Gasteiger partial charge in [0.15, 0.2) is 4.34 Å². The van der Waals surface area contributed by atoms with Crippen molar-refractivity contribution in [2.24, 2.45) is 0 Å². The Bertz CT molecular complexity index is 982. The fourth-order valence-electron chi connectivity index (χ4n) is 2.37. The Morgan fingerprint density at radius 3 is 2.71 bits per heavy atom. The third-order valence-electron chi connectivity index (χ3n) is 3.71. The molecule has 2 aromatic carbocycles. The van der Waals surface area contributed by atoms with Gasteiger partial charge < -0.3 is 0 Å². The van der Waals surface area contributed by atoms with Crippen molar-refractivity contribution >= 4 is 51.4 Å². The van der Waals surface area contributed by atoms with Crippen molar-refractivity contribution < 1.29 is 9.72 Å². The second kappa shape index (κ2) is 9.63. The molecule has 0 aliphatic rings. The Kier molecular flexibility index (Phi) is 6.96. The summed E-state index contributed by atoms with van der Waals surface area (Å²) >= 11 is 8.83. The Labute approximate surface area is 174 Å². The first-order valence-electron chi connectivity index (χ1n) is 8.28. The van der Waals surface area contributed by atoms with Gasteiger partial charge in [-0.15, -0.1) is 10.2 Å². The highest BCUT2D eigenvalue weighted by atomic mass is 35.5. The normalized spacial score (nSPS) is 10.6. The number of nitrogens with zero attached hydrogens (tertiary/aromatic N) is 3. The van der Waals surface area contributed by atoms with Gasteiger partial charge in [-0.3, -0.25) is 20.2 Å². The van der Waals surface area contributed by atoms with Crippen molar-refractivity contribution in [3.8, 4) is 0 Å². The second-order valence-corrected chi connectivity index (χ2v) is 8.41. The zero-order valence-electron chi connectivity index (χ0n) is 14.5. The van der Waals surface area contributed by atoms with Crippen molar-refractivity contribution in [3.63, 3.8) is 0 Å². The first kappa shape index (κ1) is 20.2. The SMILES string of the molecule is O=C(Nc1nnc(SCCCc2ccccc2)s1)c1ccc([N+](=O)[O-])cc1Cl. The van der Waals surface area contributed by atoms with Crippen LogP contribution in [0, 0.1) is 10.1 Å². The fraction of sp³-hybridized carbons (Fsp3) is 0.167. The van der Waals surface area contributed by atoms with Gasteiger partial charge in [0, 0.05) is 17.9 Å². The number of carbonyl (C=O) groups is 1. The lowest BCUT2D eigenvalue weighted by Crippen LogP contribution is -2.12. The van der Waals surface area contributed by atoms with Crippen LogP contribution >= 0.6 is 34.7 Å². The number of rotatable bonds is 8. The number of carbonyl (C=O) groups excluding carboxylic acids is 1. The van der Waals surface area contributed by atoms with Crippen LogP contribution in [0.25, 0.3) is 0 Å². The quantitative estimate of drug-likeness (QED) is 0.174. The number of aryl methyl sites for hydroxylation is 1. The molecule has 1 aromatic heterocycles. The molecule has 10 heteroatoms. The van der Waals surface area contributed by atoms with Crippen LogP contribution in [0.2, 0.25) is 5.02 Å². The van der Waals surface area contributed by atoms with E-state index in [0.29, 0.717) is 5.13 Å². The number of amides is 1. The van der Waals surface area contributed by atoms with Crippen molar-refractivity contribution in [1.82, 2.24) is 10.2 Å². The molecule has 28 heavy (non-hydrogen) atoms. The number of hydrogen-bond donors (Lipinski definition) is 1. The predicted molar refractivity (Wildman–Crippen MR) is 111 cm³/mol.